The SMILES string of the molecule is Cc1cc2c(cc1C)SC(CO)/C(=C(/C=N/OCC(N)=O)CC(=O)O)S2. The van der Waals surface area contributed by atoms with E-state index >= 15 is 0 Å². The number of aryl methyl sites for hydroxylation is 2. The Morgan fingerprint density at radius 1 is 1.31 bits per heavy atom. The molecule has 4 N–H and O–H groups in total. The number of primary amides is 1. The fourth-order valence-corrected chi connectivity index (χ4v) is 4.99. The molecule has 0 radical (unpaired) electrons. The van der Waals surface area contributed by atoms with Crippen molar-refractivity contribution < 1.29 is 24.6 Å². The van der Waals surface area contributed by atoms with Crippen LogP contribution in [0.25, 0.3) is 0 Å². The van der Waals surface area contributed by atoms with E-state index in [0.717, 1.165) is 20.9 Å². The van der Waals surface area contributed by atoms with Crippen molar-refractivity contribution in [1.29, 1.82) is 0 Å². The van der Waals surface area contributed by atoms with E-state index in [0.29, 0.717) is 10.5 Å². The number of oxime groups is 1. The van der Waals surface area contributed by atoms with Crippen LogP contribution in [0.3, 0.4) is 0 Å². The summed E-state index contributed by atoms with van der Waals surface area (Å²) in [5.74, 6) is -1.70. The third-order valence-corrected chi connectivity index (χ3v) is 6.52. The van der Waals surface area contributed by atoms with Crippen molar-refractivity contribution in [3.8, 4) is 0 Å². The van der Waals surface area contributed by atoms with E-state index in [1.165, 1.54) is 29.7 Å². The van der Waals surface area contributed by atoms with Crippen LogP contribution in [0.1, 0.15) is 17.5 Å². The highest BCUT2D eigenvalue weighted by molar-refractivity contribution is 8.08. The summed E-state index contributed by atoms with van der Waals surface area (Å²) >= 11 is 2.91. The Bertz CT molecular complexity index is 777. The Morgan fingerprint density at radius 3 is 2.54 bits per heavy atom. The zero-order valence-electron chi connectivity index (χ0n) is 14.4. The van der Waals surface area contributed by atoms with Gasteiger partial charge in [0, 0.05) is 14.7 Å². The highest BCUT2D eigenvalue weighted by Gasteiger charge is 2.28. The maximum absolute atomic E-state index is 11.2. The topological polar surface area (TPSA) is 122 Å². The summed E-state index contributed by atoms with van der Waals surface area (Å²) < 4.78 is 0. The van der Waals surface area contributed by atoms with E-state index in [-0.39, 0.29) is 18.3 Å². The van der Waals surface area contributed by atoms with Crippen LogP contribution < -0.4 is 5.73 Å². The number of nitrogens with zero attached hydrogens (tertiary/aromatic N) is 1. The number of rotatable bonds is 7. The summed E-state index contributed by atoms with van der Waals surface area (Å²) in [5.41, 5.74) is 7.69. The van der Waals surface area contributed by atoms with Gasteiger partial charge >= 0.3 is 5.97 Å². The maximum atomic E-state index is 11.2. The van der Waals surface area contributed by atoms with E-state index in [1.807, 2.05) is 13.8 Å². The van der Waals surface area contributed by atoms with Gasteiger partial charge in [-0.1, -0.05) is 16.9 Å². The molecule has 0 saturated carbocycles. The smallest absolute Gasteiger partial charge is 0.307 e. The van der Waals surface area contributed by atoms with Gasteiger partial charge in [0.25, 0.3) is 5.91 Å². The number of aliphatic carboxylic acids is 1. The molecular weight excluding hydrogens is 376 g/mol. The number of carbonyl (C=O) groups excluding carboxylic acids is 1. The molecule has 1 aromatic rings. The molecule has 26 heavy (non-hydrogen) atoms. The average Bonchev–Trinajstić information content (AvgIpc) is 2.57. The van der Waals surface area contributed by atoms with Crippen molar-refractivity contribution in [2.45, 2.75) is 35.3 Å². The minimum atomic E-state index is -1.03. The molecule has 0 bridgehead atoms. The highest BCUT2D eigenvalue weighted by atomic mass is 32.2. The normalized spacial score (nSPS) is 18.5. The van der Waals surface area contributed by atoms with Crippen molar-refractivity contribution in [3.63, 3.8) is 0 Å². The van der Waals surface area contributed by atoms with Gasteiger partial charge in [0.2, 0.25) is 0 Å². The molecule has 1 aliphatic rings. The van der Waals surface area contributed by atoms with Gasteiger partial charge in [-0.25, -0.2) is 0 Å². The summed E-state index contributed by atoms with van der Waals surface area (Å²) in [4.78, 5) is 29.5. The molecule has 1 heterocycles. The summed E-state index contributed by atoms with van der Waals surface area (Å²) in [7, 11) is 0. The van der Waals surface area contributed by atoms with E-state index in [1.54, 1.807) is 0 Å². The van der Waals surface area contributed by atoms with Crippen LogP contribution in [0, 0.1) is 13.8 Å². The molecule has 7 nitrogen and oxygen atoms in total. The molecule has 1 aliphatic heterocycles. The number of carbonyl (C=O) groups is 2. The first-order valence-electron chi connectivity index (χ1n) is 7.77. The first-order valence-corrected chi connectivity index (χ1v) is 9.46. The quantitative estimate of drug-likeness (QED) is 0.476. The Labute approximate surface area is 159 Å². The van der Waals surface area contributed by atoms with Crippen molar-refractivity contribution in [1.82, 2.24) is 0 Å². The van der Waals surface area contributed by atoms with Crippen LogP contribution in [-0.2, 0) is 14.4 Å². The molecule has 1 amide bonds. The molecule has 1 unspecified atom stereocenters. The molecule has 0 spiro atoms. The number of benzene rings is 1. The molecule has 140 valence electrons. The third-order valence-electron chi connectivity index (χ3n) is 3.66. The Kier molecular flexibility index (Phi) is 7.13. The van der Waals surface area contributed by atoms with Gasteiger partial charge in [-0.15, -0.1) is 11.8 Å². The molecule has 0 fully saturated rings. The second kappa shape index (κ2) is 9.11. The minimum Gasteiger partial charge on any atom is -0.481 e. The number of aliphatic hydroxyl groups is 1. The van der Waals surface area contributed by atoms with Crippen LogP contribution in [0.4, 0.5) is 0 Å². The lowest BCUT2D eigenvalue weighted by molar-refractivity contribution is -0.136. The molecule has 1 atom stereocenters. The molecule has 0 saturated heterocycles. The average molecular weight is 396 g/mol. The number of amides is 1. The molecule has 0 aliphatic carbocycles. The summed E-state index contributed by atoms with van der Waals surface area (Å²) in [6.45, 7) is 3.51. The van der Waals surface area contributed by atoms with Gasteiger partial charge in [0.05, 0.1) is 24.5 Å². The zero-order valence-corrected chi connectivity index (χ0v) is 16.0. The number of hydrogen-bond donors (Lipinski definition) is 3. The second-order valence-corrected chi connectivity index (χ2v) is 8.04. The van der Waals surface area contributed by atoms with Gasteiger partial charge in [0.1, 0.15) is 0 Å². The number of carboxylic acid groups (broad SMARTS) is 1. The van der Waals surface area contributed by atoms with Gasteiger partial charge in [-0.2, -0.15) is 0 Å². The molecular formula is C17H20N2O5S2. The Morgan fingerprint density at radius 2 is 1.96 bits per heavy atom. The second-order valence-electron chi connectivity index (χ2n) is 5.71. The number of hydrogen-bond acceptors (Lipinski definition) is 7. The first kappa shape index (κ1) is 20.3. The predicted octanol–water partition coefficient (Wildman–Crippen LogP) is 2.08. The number of thioether (sulfide) groups is 2. The van der Waals surface area contributed by atoms with Crippen LogP contribution in [0.15, 0.2) is 37.6 Å². The van der Waals surface area contributed by atoms with Crippen molar-refractivity contribution in [2.24, 2.45) is 10.9 Å². The van der Waals surface area contributed by atoms with Crippen molar-refractivity contribution in [3.05, 3.63) is 33.7 Å². The first-order chi connectivity index (χ1) is 12.3. The molecule has 9 heteroatoms. The van der Waals surface area contributed by atoms with Gasteiger partial charge in [-0.3, -0.25) is 9.59 Å². The number of fused-ring (bicyclic) bond motifs is 1. The standard InChI is InChI=1S/C17H20N2O5S2/c1-9-3-12-13(4-10(9)2)26-17(14(7-20)25-12)11(5-16(22)23)6-19-24-8-15(18)21/h3-4,6,14,20H,5,7-8H2,1-2H3,(H2,18,21)(H,22,23)/b17-11-,19-6+. The number of nitrogens with two attached hydrogens (primary N) is 1. The summed E-state index contributed by atoms with van der Waals surface area (Å²) in [6.07, 6.45) is 0.998. The van der Waals surface area contributed by atoms with E-state index < -0.39 is 18.5 Å². The fraction of sp³-hybridized carbons (Fsp3) is 0.353. The number of carboxylic acids is 1. The van der Waals surface area contributed by atoms with E-state index in [9.17, 15) is 19.8 Å². The lowest BCUT2D eigenvalue weighted by Crippen LogP contribution is -2.18. The van der Waals surface area contributed by atoms with E-state index in [2.05, 4.69) is 17.3 Å². The lowest BCUT2D eigenvalue weighted by Gasteiger charge is -2.27. The predicted molar refractivity (Wildman–Crippen MR) is 101 cm³/mol. The Balaban J connectivity index is 2.39. The monoisotopic (exact) mass is 396 g/mol. The fourth-order valence-electron chi connectivity index (χ4n) is 2.28. The van der Waals surface area contributed by atoms with Crippen molar-refractivity contribution >= 4 is 41.6 Å². The van der Waals surface area contributed by atoms with E-state index in [4.69, 9.17) is 10.6 Å². The molecule has 1 aromatic carbocycles. The molecule has 2 rings (SSSR count). The van der Waals surface area contributed by atoms with Crippen LogP contribution in [0.2, 0.25) is 0 Å². The zero-order chi connectivity index (χ0) is 19.3. The van der Waals surface area contributed by atoms with Gasteiger partial charge in [0.15, 0.2) is 6.61 Å². The third kappa shape index (κ3) is 5.26. The van der Waals surface area contributed by atoms with Gasteiger partial charge < -0.3 is 20.8 Å². The lowest BCUT2D eigenvalue weighted by atomic mass is 10.1. The summed E-state index contributed by atoms with van der Waals surface area (Å²) in [5, 5.41) is 22.3. The maximum Gasteiger partial charge on any atom is 0.307 e. The van der Waals surface area contributed by atoms with Crippen LogP contribution >= 0.6 is 23.5 Å². The minimum absolute atomic E-state index is 0.140. The highest BCUT2D eigenvalue weighted by Crippen LogP contribution is 2.49. The molecule has 0 aromatic heterocycles. The van der Waals surface area contributed by atoms with Gasteiger partial charge in [-0.05, 0) is 42.7 Å². The Hall–Kier alpha value is -1.97. The van der Waals surface area contributed by atoms with Crippen molar-refractivity contribution in [2.75, 3.05) is 13.2 Å². The van der Waals surface area contributed by atoms with Crippen LogP contribution in [0.5, 0.6) is 0 Å². The number of aliphatic hydroxyl groups excluding tert-OH is 1. The summed E-state index contributed by atoms with van der Waals surface area (Å²) in [6, 6.07) is 4.12. The largest absolute Gasteiger partial charge is 0.481 e. The van der Waals surface area contributed by atoms with Crippen LogP contribution in [-0.4, -0.2) is 46.8 Å².